The molecular weight excluding hydrogens is 345 g/mol. The molecule has 2 rings (SSSR count). The van der Waals surface area contributed by atoms with Crippen molar-refractivity contribution < 1.29 is 14.0 Å². The van der Waals surface area contributed by atoms with E-state index in [1.807, 2.05) is 25.7 Å². The van der Waals surface area contributed by atoms with Gasteiger partial charge >= 0.3 is 0 Å². The summed E-state index contributed by atoms with van der Waals surface area (Å²) in [5.41, 5.74) is 0.638. The van der Waals surface area contributed by atoms with Gasteiger partial charge in [-0.2, -0.15) is 0 Å². The minimum atomic E-state index is -0.280. The van der Waals surface area contributed by atoms with Gasteiger partial charge in [0.2, 0.25) is 11.8 Å². The Kier molecular flexibility index (Phi) is 6.98. The van der Waals surface area contributed by atoms with E-state index in [2.05, 4.69) is 24.1 Å². The second-order valence-corrected chi connectivity index (χ2v) is 8.74. The quantitative estimate of drug-likeness (QED) is 0.859. The zero-order chi connectivity index (χ0) is 20.2. The van der Waals surface area contributed by atoms with Gasteiger partial charge in [-0.15, -0.1) is 0 Å². The van der Waals surface area contributed by atoms with E-state index in [0.717, 1.165) is 5.56 Å². The van der Waals surface area contributed by atoms with Gasteiger partial charge in [-0.3, -0.25) is 14.5 Å². The predicted molar refractivity (Wildman–Crippen MR) is 105 cm³/mol. The summed E-state index contributed by atoms with van der Waals surface area (Å²) < 4.78 is 13.2. The maximum atomic E-state index is 13.2. The number of nitrogens with one attached hydrogen (secondary N) is 1. The smallest absolute Gasteiger partial charge is 0.234 e. The molecule has 1 aliphatic rings. The predicted octanol–water partition coefficient (Wildman–Crippen LogP) is 2.80. The normalized spacial score (nSPS) is 19.3. The molecule has 1 heterocycles. The summed E-state index contributed by atoms with van der Waals surface area (Å²) in [4.78, 5) is 29.1. The summed E-state index contributed by atoms with van der Waals surface area (Å²) in [6.45, 7) is 12.0. The van der Waals surface area contributed by atoms with Gasteiger partial charge < -0.3 is 10.2 Å². The number of amides is 2. The molecule has 0 radical (unpaired) electrons. The maximum Gasteiger partial charge on any atom is 0.234 e. The molecule has 6 heteroatoms. The number of nitrogens with zero attached hydrogens (tertiary/aromatic N) is 2. The number of benzene rings is 1. The summed E-state index contributed by atoms with van der Waals surface area (Å²) in [6, 6.07) is 6.29. The minimum Gasteiger partial charge on any atom is -0.350 e. The first kappa shape index (κ1) is 21.4. The van der Waals surface area contributed by atoms with Crippen molar-refractivity contribution in [2.45, 2.75) is 59.2 Å². The summed E-state index contributed by atoms with van der Waals surface area (Å²) in [5.74, 6) is 0.0271. The van der Waals surface area contributed by atoms with Crippen LogP contribution < -0.4 is 5.32 Å². The highest BCUT2D eigenvalue weighted by Crippen LogP contribution is 2.21. The molecule has 0 aromatic heterocycles. The highest BCUT2D eigenvalue weighted by atomic mass is 19.1. The van der Waals surface area contributed by atoms with Crippen molar-refractivity contribution in [3.05, 3.63) is 35.6 Å². The third-order valence-electron chi connectivity index (χ3n) is 4.73. The Bertz CT molecular complexity index is 652. The molecule has 0 aliphatic carbocycles. The van der Waals surface area contributed by atoms with Gasteiger partial charge in [0.05, 0.1) is 6.54 Å². The first-order chi connectivity index (χ1) is 12.5. The number of hydrogen-bond donors (Lipinski definition) is 1. The van der Waals surface area contributed by atoms with Crippen LogP contribution in [0.25, 0.3) is 0 Å². The lowest BCUT2D eigenvalue weighted by Crippen LogP contribution is -2.49. The first-order valence-electron chi connectivity index (χ1n) is 9.62. The van der Waals surface area contributed by atoms with Gasteiger partial charge in [-0.25, -0.2) is 4.39 Å². The molecule has 0 saturated carbocycles. The maximum absolute atomic E-state index is 13.2. The Morgan fingerprint density at radius 1 is 1.26 bits per heavy atom. The second kappa shape index (κ2) is 8.83. The van der Waals surface area contributed by atoms with E-state index in [4.69, 9.17) is 0 Å². The van der Waals surface area contributed by atoms with E-state index in [0.29, 0.717) is 26.1 Å². The largest absolute Gasteiger partial charge is 0.350 e. The molecule has 1 fully saturated rings. The van der Waals surface area contributed by atoms with Crippen molar-refractivity contribution in [1.29, 1.82) is 0 Å². The molecule has 2 amide bonds. The van der Waals surface area contributed by atoms with E-state index < -0.39 is 0 Å². The zero-order valence-electron chi connectivity index (χ0n) is 17.1. The summed E-state index contributed by atoms with van der Waals surface area (Å²) in [7, 11) is 0. The third-order valence-corrected chi connectivity index (χ3v) is 4.73. The highest BCUT2D eigenvalue weighted by molar-refractivity contribution is 5.79. The lowest BCUT2D eigenvalue weighted by molar-refractivity contribution is -0.134. The average Bonchev–Trinajstić information content (AvgIpc) is 2.68. The van der Waals surface area contributed by atoms with Crippen LogP contribution in [0, 0.1) is 11.7 Å². The molecule has 5 nitrogen and oxygen atoms in total. The average molecular weight is 378 g/mol. The van der Waals surface area contributed by atoms with Gasteiger partial charge in [0, 0.05) is 37.6 Å². The Morgan fingerprint density at radius 2 is 1.89 bits per heavy atom. The van der Waals surface area contributed by atoms with Gasteiger partial charge in [0.15, 0.2) is 0 Å². The fourth-order valence-electron chi connectivity index (χ4n) is 3.40. The van der Waals surface area contributed by atoms with Crippen molar-refractivity contribution in [2.24, 2.45) is 5.92 Å². The lowest BCUT2D eigenvalue weighted by atomic mass is 10.0. The zero-order valence-corrected chi connectivity index (χ0v) is 17.1. The molecule has 150 valence electrons. The Labute approximate surface area is 161 Å². The van der Waals surface area contributed by atoms with Crippen LogP contribution in [-0.4, -0.2) is 52.8 Å². The van der Waals surface area contributed by atoms with Crippen LogP contribution in [0.3, 0.4) is 0 Å². The minimum absolute atomic E-state index is 0.00693. The Balaban J connectivity index is 2.11. The Hall–Kier alpha value is -1.95. The molecule has 0 bridgehead atoms. The van der Waals surface area contributed by atoms with Crippen LogP contribution in [-0.2, 0) is 16.1 Å². The van der Waals surface area contributed by atoms with E-state index >= 15 is 0 Å². The molecule has 27 heavy (non-hydrogen) atoms. The van der Waals surface area contributed by atoms with E-state index in [1.54, 1.807) is 12.1 Å². The summed E-state index contributed by atoms with van der Waals surface area (Å²) in [5, 5.41) is 2.98. The van der Waals surface area contributed by atoms with Crippen molar-refractivity contribution in [1.82, 2.24) is 15.1 Å². The molecule has 1 aromatic carbocycles. The second-order valence-electron chi connectivity index (χ2n) is 8.74. The molecule has 1 N–H and O–H groups in total. The molecule has 1 atom stereocenters. The number of halogens is 1. The van der Waals surface area contributed by atoms with Crippen LogP contribution in [0.2, 0.25) is 0 Å². The molecule has 0 unspecified atom stereocenters. The van der Waals surface area contributed by atoms with Gasteiger partial charge in [0.1, 0.15) is 5.82 Å². The summed E-state index contributed by atoms with van der Waals surface area (Å²) in [6.07, 6.45) is 0.382. The monoisotopic (exact) mass is 377 g/mol. The van der Waals surface area contributed by atoms with Crippen molar-refractivity contribution in [2.75, 3.05) is 19.6 Å². The topological polar surface area (TPSA) is 52.7 Å². The first-order valence-corrected chi connectivity index (χ1v) is 9.62. The van der Waals surface area contributed by atoms with E-state index in [-0.39, 0.29) is 41.7 Å². The number of carbonyl (C=O) groups is 2. The number of rotatable bonds is 5. The standard InChI is InChI=1S/C21H32FN3O2/c1-15(2)18-13-24(14-19(26)23-21(3,4)5)11-10-20(27)25(18)12-16-6-8-17(22)9-7-16/h6-9,15,18H,10-14H2,1-5H3,(H,23,26)/t18-/m0/s1. The van der Waals surface area contributed by atoms with Crippen LogP contribution >= 0.6 is 0 Å². The molecule has 1 aromatic rings. The van der Waals surface area contributed by atoms with Gasteiger partial charge in [0.25, 0.3) is 0 Å². The van der Waals surface area contributed by atoms with Crippen LogP contribution in [0.1, 0.15) is 46.6 Å². The molecule has 0 spiro atoms. The van der Waals surface area contributed by atoms with Crippen molar-refractivity contribution in [3.8, 4) is 0 Å². The molecule has 1 saturated heterocycles. The van der Waals surface area contributed by atoms with Crippen molar-refractivity contribution in [3.63, 3.8) is 0 Å². The fourth-order valence-corrected chi connectivity index (χ4v) is 3.40. The lowest BCUT2D eigenvalue weighted by Gasteiger charge is -2.35. The molecular formula is C21H32FN3O2. The van der Waals surface area contributed by atoms with E-state index in [1.165, 1.54) is 12.1 Å². The van der Waals surface area contributed by atoms with Gasteiger partial charge in [-0.1, -0.05) is 26.0 Å². The number of carbonyl (C=O) groups excluding carboxylic acids is 2. The van der Waals surface area contributed by atoms with E-state index in [9.17, 15) is 14.0 Å². The third kappa shape index (κ3) is 6.61. The van der Waals surface area contributed by atoms with Crippen molar-refractivity contribution >= 4 is 11.8 Å². The highest BCUT2D eigenvalue weighted by Gasteiger charge is 2.32. The van der Waals surface area contributed by atoms with Gasteiger partial charge in [-0.05, 0) is 44.4 Å². The number of hydrogen-bond acceptors (Lipinski definition) is 3. The Morgan fingerprint density at radius 3 is 2.44 bits per heavy atom. The van der Waals surface area contributed by atoms with Crippen LogP contribution in [0.4, 0.5) is 4.39 Å². The van der Waals surface area contributed by atoms with Crippen LogP contribution in [0.5, 0.6) is 0 Å². The summed E-state index contributed by atoms with van der Waals surface area (Å²) >= 11 is 0. The van der Waals surface area contributed by atoms with Crippen LogP contribution in [0.15, 0.2) is 24.3 Å². The SMILES string of the molecule is CC(C)[C@@H]1CN(CC(=O)NC(C)(C)C)CCC(=O)N1Cc1ccc(F)cc1. The molecule has 1 aliphatic heterocycles. The fraction of sp³-hybridized carbons (Fsp3) is 0.619.